The standard InChI is InChI=1S/C17H17N2O/c1-17(2)15(13-9-5-3-6-10-13)18-16(19(17)20)14-11-7-4-8-12-14/h3-12,20H,1-2H3/q+1. The van der Waals surface area contributed by atoms with Crippen LogP contribution >= 0.6 is 0 Å². The number of benzene rings is 2. The summed E-state index contributed by atoms with van der Waals surface area (Å²) in [5.41, 5.74) is 2.27. The minimum Gasteiger partial charge on any atom is -0.354 e. The molecular weight excluding hydrogens is 248 g/mol. The number of hydrogen-bond donors (Lipinski definition) is 1. The fraction of sp³-hybridized carbons (Fsp3) is 0.176. The number of nitrogens with zero attached hydrogens (tertiary/aromatic N) is 2. The maximum Gasteiger partial charge on any atom is 0.365 e. The molecule has 1 aliphatic heterocycles. The average molecular weight is 265 g/mol. The van der Waals surface area contributed by atoms with Crippen molar-refractivity contribution in [3.05, 3.63) is 71.8 Å². The van der Waals surface area contributed by atoms with Crippen LogP contribution in [0.25, 0.3) is 0 Å². The minimum absolute atomic E-state index is 0.549. The lowest BCUT2D eigenvalue weighted by molar-refractivity contribution is -0.807. The summed E-state index contributed by atoms with van der Waals surface area (Å²) in [5, 5.41) is 10.5. The van der Waals surface area contributed by atoms with E-state index in [1.165, 1.54) is 4.74 Å². The summed E-state index contributed by atoms with van der Waals surface area (Å²) >= 11 is 0. The van der Waals surface area contributed by atoms with Gasteiger partial charge in [-0.15, -0.1) is 0 Å². The lowest BCUT2D eigenvalue weighted by Gasteiger charge is -2.15. The molecule has 1 aliphatic rings. The van der Waals surface area contributed by atoms with Gasteiger partial charge in [0.05, 0.1) is 5.56 Å². The monoisotopic (exact) mass is 265 g/mol. The van der Waals surface area contributed by atoms with Crippen molar-refractivity contribution in [3.8, 4) is 0 Å². The summed E-state index contributed by atoms with van der Waals surface area (Å²) in [7, 11) is 0. The van der Waals surface area contributed by atoms with Crippen LogP contribution in [0.2, 0.25) is 0 Å². The van der Waals surface area contributed by atoms with E-state index in [9.17, 15) is 5.21 Å². The van der Waals surface area contributed by atoms with Crippen molar-refractivity contribution in [1.82, 2.24) is 0 Å². The fourth-order valence-corrected chi connectivity index (χ4v) is 2.44. The summed E-state index contributed by atoms with van der Waals surface area (Å²) < 4.78 is 1.25. The maximum absolute atomic E-state index is 10.5. The molecule has 2 aromatic rings. The molecular formula is C17H17N2O+. The van der Waals surface area contributed by atoms with Crippen molar-refractivity contribution in [2.24, 2.45) is 4.99 Å². The Bertz CT molecular complexity index is 685. The highest BCUT2D eigenvalue weighted by atomic mass is 16.5. The second kappa shape index (κ2) is 4.60. The predicted octanol–water partition coefficient (Wildman–Crippen LogP) is 3.12. The summed E-state index contributed by atoms with van der Waals surface area (Å²) in [4.78, 5) is 4.67. The van der Waals surface area contributed by atoms with Crippen LogP contribution in [0, 0.1) is 0 Å². The lowest BCUT2D eigenvalue weighted by Crippen LogP contribution is -2.40. The van der Waals surface area contributed by atoms with Crippen molar-refractivity contribution in [1.29, 1.82) is 0 Å². The van der Waals surface area contributed by atoms with Crippen molar-refractivity contribution in [2.75, 3.05) is 0 Å². The Balaban J connectivity index is 2.12. The highest BCUT2D eigenvalue weighted by Gasteiger charge is 2.47. The molecule has 0 saturated heterocycles. The Morgan fingerprint density at radius 3 is 1.90 bits per heavy atom. The zero-order valence-corrected chi connectivity index (χ0v) is 11.6. The third-order valence-corrected chi connectivity index (χ3v) is 3.61. The number of aliphatic imine (C=N–C) groups is 1. The van der Waals surface area contributed by atoms with Gasteiger partial charge in [-0.05, 0) is 31.0 Å². The van der Waals surface area contributed by atoms with E-state index in [0.29, 0.717) is 5.84 Å². The second-order valence-electron chi connectivity index (χ2n) is 5.39. The molecule has 3 heteroatoms. The van der Waals surface area contributed by atoms with Crippen LogP contribution in [-0.4, -0.2) is 27.0 Å². The molecule has 3 rings (SSSR count). The summed E-state index contributed by atoms with van der Waals surface area (Å²) in [6.07, 6.45) is 0. The molecule has 0 atom stereocenters. The van der Waals surface area contributed by atoms with Gasteiger partial charge in [0.25, 0.3) is 0 Å². The van der Waals surface area contributed by atoms with Crippen LogP contribution in [0.15, 0.2) is 65.7 Å². The quantitative estimate of drug-likeness (QED) is 0.657. The molecule has 0 spiro atoms. The van der Waals surface area contributed by atoms with Crippen LogP contribution < -0.4 is 0 Å². The first kappa shape index (κ1) is 12.6. The van der Waals surface area contributed by atoms with Gasteiger partial charge in [0.2, 0.25) is 11.3 Å². The largest absolute Gasteiger partial charge is 0.365 e. The van der Waals surface area contributed by atoms with Gasteiger partial charge in [-0.3, -0.25) is 0 Å². The molecule has 1 N–H and O–H groups in total. The van der Waals surface area contributed by atoms with Gasteiger partial charge in [-0.25, -0.2) is 0 Å². The second-order valence-corrected chi connectivity index (χ2v) is 5.39. The Hall–Kier alpha value is -2.42. The zero-order chi connectivity index (χ0) is 14.2. The fourth-order valence-electron chi connectivity index (χ4n) is 2.44. The third kappa shape index (κ3) is 1.92. The van der Waals surface area contributed by atoms with Gasteiger partial charge in [-0.2, -0.15) is 0 Å². The summed E-state index contributed by atoms with van der Waals surface area (Å²) in [6, 6.07) is 19.7. The number of rotatable bonds is 2. The molecule has 0 unspecified atom stereocenters. The van der Waals surface area contributed by atoms with Gasteiger partial charge in [-0.1, -0.05) is 53.3 Å². The van der Waals surface area contributed by atoms with Gasteiger partial charge in [0.1, 0.15) is 0 Å². The highest BCUT2D eigenvalue weighted by molar-refractivity contribution is 6.16. The molecule has 0 fully saturated rings. The van der Waals surface area contributed by atoms with Crippen molar-refractivity contribution >= 4 is 11.5 Å². The van der Waals surface area contributed by atoms with Gasteiger partial charge < -0.3 is 5.21 Å². The van der Waals surface area contributed by atoms with E-state index < -0.39 is 5.54 Å². The zero-order valence-electron chi connectivity index (χ0n) is 11.6. The third-order valence-electron chi connectivity index (χ3n) is 3.61. The molecule has 1 heterocycles. The molecule has 0 aliphatic carbocycles. The Morgan fingerprint density at radius 2 is 1.35 bits per heavy atom. The minimum atomic E-state index is -0.549. The molecule has 100 valence electrons. The van der Waals surface area contributed by atoms with Crippen LogP contribution in [-0.2, 0) is 0 Å². The Morgan fingerprint density at radius 1 is 0.850 bits per heavy atom. The smallest absolute Gasteiger partial charge is 0.354 e. The van der Waals surface area contributed by atoms with E-state index in [1.807, 2.05) is 74.5 Å². The molecule has 0 amide bonds. The normalized spacial score (nSPS) is 17.2. The van der Waals surface area contributed by atoms with Crippen LogP contribution in [0.4, 0.5) is 0 Å². The maximum atomic E-state index is 10.5. The van der Waals surface area contributed by atoms with E-state index in [4.69, 9.17) is 0 Å². The van der Waals surface area contributed by atoms with E-state index in [2.05, 4.69) is 4.99 Å². The van der Waals surface area contributed by atoms with Crippen molar-refractivity contribution in [3.63, 3.8) is 0 Å². The highest BCUT2D eigenvalue weighted by Crippen LogP contribution is 2.24. The van der Waals surface area contributed by atoms with Gasteiger partial charge in [0, 0.05) is 5.56 Å². The lowest BCUT2D eigenvalue weighted by atomic mass is 9.93. The predicted molar refractivity (Wildman–Crippen MR) is 79.7 cm³/mol. The summed E-state index contributed by atoms with van der Waals surface area (Å²) in [5.74, 6) is 0.592. The molecule has 0 saturated carbocycles. The molecule has 3 nitrogen and oxygen atoms in total. The summed E-state index contributed by atoms with van der Waals surface area (Å²) in [6.45, 7) is 3.93. The first-order valence-electron chi connectivity index (χ1n) is 6.67. The Labute approximate surface area is 118 Å². The van der Waals surface area contributed by atoms with Gasteiger partial charge in [0.15, 0.2) is 0 Å². The SMILES string of the molecule is CC1(C)C(c2ccccc2)=NC(c2ccccc2)=[N+]1O. The Kier molecular flexibility index (Phi) is 2.90. The molecule has 0 aromatic heterocycles. The number of hydroxylamine groups is 1. The van der Waals surface area contributed by atoms with Gasteiger partial charge >= 0.3 is 5.84 Å². The van der Waals surface area contributed by atoms with Crippen LogP contribution in [0.3, 0.4) is 0 Å². The first-order valence-corrected chi connectivity index (χ1v) is 6.67. The van der Waals surface area contributed by atoms with E-state index in [0.717, 1.165) is 16.8 Å². The van der Waals surface area contributed by atoms with Crippen molar-refractivity contribution < 1.29 is 9.95 Å². The van der Waals surface area contributed by atoms with Crippen molar-refractivity contribution in [2.45, 2.75) is 19.4 Å². The number of hydrogen-bond acceptors (Lipinski definition) is 2. The topological polar surface area (TPSA) is 35.6 Å². The van der Waals surface area contributed by atoms with E-state index in [1.54, 1.807) is 0 Å². The van der Waals surface area contributed by atoms with E-state index >= 15 is 0 Å². The molecule has 0 bridgehead atoms. The molecule has 0 radical (unpaired) electrons. The first-order chi connectivity index (χ1) is 9.60. The van der Waals surface area contributed by atoms with Crippen LogP contribution in [0.1, 0.15) is 25.0 Å². The molecule has 2 aromatic carbocycles. The molecule has 20 heavy (non-hydrogen) atoms. The number of amidine groups is 1. The van der Waals surface area contributed by atoms with Crippen LogP contribution in [0.5, 0.6) is 0 Å². The average Bonchev–Trinajstić information content (AvgIpc) is 2.72. The van der Waals surface area contributed by atoms with E-state index in [-0.39, 0.29) is 0 Å².